The number of amides is 1. The molecule has 1 rings (SSSR count). The lowest BCUT2D eigenvalue weighted by Gasteiger charge is -2.31. The monoisotopic (exact) mass is 237 g/mol. The first-order valence-corrected chi connectivity index (χ1v) is 6.54. The van der Waals surface area contributed by atoms with Gasteiger partial charge in [-0.1, -0.05) is 27.2 Å². The van der Waals surface area contributed by atoms with Crippen LogP contribution in [0.4, 0.5) is 0 Å². The van der Waals surface area contributed by atoms with Crippen LogP contribution in [0.3, 0.4) is 0 Å². The number of rotatable bonds is 6. The van der Waals surface area contributed by atoms with E-state index in [0.717, 1.165) is 19.3 Å². The molecule has 1 amide bonds. The molecule has 1 aliphatic carbocycles. The van der Waals surface area contributed by atoms with Crippen molar-refractivity contribution in [3.05, 3.63) is 0 Å². The maximum Gasteiger partial charge on any atom is 0.241 e. The van der Waals surface area contributed by atoms with Gasteiger partial charge in [0.25, 0.3) is 0 Å². The lowest BCUT2D eigenvalue weighted by molar-refractivity contribution is -0.135. The van der Waals surface area contributed by atoms with E-state index in [-0.39, 0.29) is 23.9 Å². The fourth-order valence-electron chi connectivity index (χ4n) is 1.96. The van der Waals surface area contributed by atoms with Gasteiger partial charge in [-0.2, -0.15) is 5.26 Å². The molecule has 0 spiro atoms. The Labute approximate surface area is 104 Å². The molecular weight excluding hydrogens is 214 g/mol. The predicted molar refractivity (Wildman–Crippen MR) is 67.0 cm³/mol. The van der Waals surface area contributed by atoms with Crippen LogP contribution in [0.25, 0.3) is 0 Å². The highest BCUT2D eigenvalue weighted by molar-refractivity contribution is 5.83. The van der Waals surface area contributed by atoms with Crippen molar-refractivity contribution in [2.24, 2.45) is 11.7 Å². The van der Waals surface area contributed by atoms with Crippen LogP contribution in [-0.2, 0) is 4.79 Å². The third kappa shape index (κ3) is 3.19. The van der Waals surface area contributed by atoms with E-state index in [1.54, 1.807) is 4.90 Å². The average molecular weight is 237 g/mol. The van der Waals surface area contributed by atoms with Crippen molar-refractivity contribution in [1.82, 2.24) is 4.90 Å². The van der Waals surface area contributed by atoms with Crippen molar-refractivity contribution in [3.63, 3.8) is 0 Å². The standard InChI is InChI=1S/C13H23N3O/c1-4-9(3)12(15)13(17)16(11-6-7-11)10(5-2)8-14/h9-12H,4-7,15H2,1-3H3/t9?,10-,12?/m0/s1. The summed E-state index contributed by atoms with van der Waals surface area (Å²) in [5, 5.41) is 9.11. The predicted octanol–water partition coefficient (Wildman–Crippen LogP) is 1.65. The van der Waals surface area contributed by atoms with Crippen LogP contribution < -0.4 is 5.73 Å². The molecule has 0 radical (unpaired) electrons. The van der Waals surface area contributed by atoms with Gasteiger partial charge in [-0.15, -0.1) is 0 Å². The van der Waals surface area contributed by atoms with Crippen LogP contribution in [0.5, 0.6) is 0 Å². The zero-order chi connectivity index (χ0) is 13.0. The van der Waals surface area contributed by atoms with Gasteiger partial charge in [-0.05, 0) is 25.2 Å². The molecule has 0 bridgehead atoms. The summed E-state index contributed by atoms with van der Waals surface area (Å²) in [6.45, 7) is 5.95. The smallest absolute Gasteiger partial charge is 0.241 e. The quantitative estimate of drug-likeness (QED) is 0.763. The Kier molecular flexibility index (Phi) is 4.95. The Bertz CT molecular complexity index is 306. The van der Waals surface area contributed by atoms with Crippen LogP contribution in [0.1, 0.15) is 46.5 Å². The third-order valence-corrected chi connectivity index (χ3v) is 3.61. The first kappa shape index (κ1) is 14.0. The number of carbonyl (C=O) groups is 1. The molecule has 17 heavy (non-hydrogen) atoms. The lowest BCUT2D eigenvalue weighted by atomic mass is 9.98. The maximum absolute atomic E-state index is 12.3. The Morgan fingerprint density at radius 1 is 1.47 bits per heavy atom. The van der Waals surface area contributed by atoms with E-state index in [1.807, 2.05) is 20.8 Å². The maximum atomic E-state index is 12.3. The van der Waals surface area contributed by atoms with Gasteiger partial charge in [-0.25, -0.2) is 0 Å². The minimum Gasteiger partial charge on any atom is -0.322 e. The SMILES string of the molecule is CCC(C)C(N)C(=O)N(C1CC1)[C@H](C#N)CC. The molecular formula is C13H23N3O. The van der Waals surface area contributed by atoms with E-state index in [2.05, 4.69) is 6.07 Å². The summed E-state index contributed by atoms with van der Waals surface area (Å²) in [5.74, 6) is 0.121. The summed E-state index contributed by atoms with van der Waals surface area (Å²) in [7, 11) is 0. The van der Waals surface area contributed by atoms with Gasteiger partial charge in [0.2, 0.25) is 5.91 Å². The van der Waals surface area contributed by atoms with Crippen molar-refractivity contribution in [2.45, 2.75) is 64.6 Å². The topological polar surface area (TPSA) is 70.1 Å². The largest absolute Gasteiger partial charge is 0.322 e. The van der Waals surface area contributed by atoms with Crippen LogP contribution >= 0.6 is 0 Å². The van der Waals surface area contributed by atoms with Crippen LogP contribution in [0.15, 0.2) is 0 Å². The molecule has 4 heteroatoms. The van der Waals surface area contributed by atoms with E-state index in [0.29, 0.717) is 6.42 Å². The lowest BCUT2D eigenvalue weighted by Crippen LogP contribution is -2.51. The Hall–Kier alpha value is -1.08. The zero-order valence-corrected chi connectivity index (χ0v) is 11.0. The second-order valence-electron chi connectivity index (χ2n) is 4.94. The normalized spacial score (nSPS) is 20.2. The van der Waals surface area contributed by atoms with Gasteiger partial charge in [0.05, 0.1) is 12.1 Å². The summed E-state index contributed by atoms with van der Waals surface area (Å²) < 4.78 is 0. The number of nitriles is 1. The molecule has 4 nitrogen and oxygen atoms in total. The Morgan fingerprint density at radius 2 is 2.06 bits per heavy atom. The second kappa shape index (κ2) is 6.02. The molecule has 0 heterocycles. The molecule has 0 aliphatic heterocycles. The number of carbonyl (C=O) groups excluding carboxylic acids is 1. The Balaban J connectivity index is 2.77. The van der Waals surface area contributed by atoms with Crippen molar-refractivity contribution < 1.29 is 4.79 Å². The van der Waals surface area contributed by atoms with E-state index in [4.69, 9.17) is 11.0 Å². The van der Waals surface area contributed by atoms with E-state index < -0.39 is 6.04 Å². The molecule has 1 fully saturated rings. The molecule has 0 saturated heterocycles. The van der Waals surface area contributed by atoms with Gasteiger partial charge < -0.3 is 10.6 Å². The van der Waals surface area contributed by atoms with Gasteiger partial charge >= 0.3 is 0 Å². The number of nitrogens with zero attached hydrogens (tertiary/aromatic N) is 2. The molecule has 0 aromatic heterocycles. The molecule has 0 aromatic carbocycles. The van der Waals surface area contributed by atoms with E-state index >= 15 is 0 Å². The number of nitrogens with two attached hydrogens (primary N) is 1. The van der Waals surface area contributed by atoms with Crippen molar-refractivity contribution in [2.75, 3.05) is 0 Å². The average Bonchev–Trinajstić information content (AvgIpc) is 3.17. The fourth-order valence-corrected chi connectivity index (χ4v) is 1.96. The number of hydrogen-bond donors (Lipinski definition) is 1. The highest BCUT2D eigenvalue weighted by Crippen LogP contribution is 2.30. The fraction of sp³-hybridized carbons (Fsp3) is 0.846. The molecule has 1 aliphatic rings. The minimum absolute atomic E-state index is 0.0461. The van der Waals surface area contributed by atoms with Crippen LogP contribution in [0, 0.1) is 17.2 Å². The van der Waals surface area contributed by atoms with Crippen molar-refractivity contribution in [1.29, 1.82) is 5.26 Å². The molecule has 3 atom stereocenters. The van der Waals surface area contributed by atoms with Gasteiger partial charge in [0.15, 0.2) is 0 Å². The zero-order valence-electron chi connectivity index (χ0n) is 11.0. The molecule has 2 N–H and O–H groups in total. The van der Waals surface area contributed by atoms with Crippen LogP contribution in [-0.4, -0.2) is 28.9 Å². The summed E-state index contributed by atoms with van der Waals surface area (Å²) >= 11 is 0. The molecule has 2 unspecified atom stereocenters. The molecule has 0 aromatic rings. The highest BCUT2D eigenvalue weighted by Gasteiger charge is 2.39. The summed E-state index contributed by atoms with van der Waals surface area (Å²) in [6.07, 6.45) is 3.58. The highest BCUT2D eigenvalue weighted by atomic mass is 16.2. The van der Waals surface area contributed by atoms with E-state index in [1.165, 1.54) is 0 Å². The Morgan fingerprint density at radius 3 is 2.41 bits per heavy atom. The number of hydrogen-bond acceptors (Lipinski definition) is 3. The van der Waals surface area contributed by atoms with Crippen molar-refractivity contribution >= 4 is 5.91 Å². The summed E-state index contributed by atoms with van der Waals surface area (Å²) in [5.41, 5.74) is 5.98. The van der Waals surface area contributed by atoms with E-state index in [9.17, 15) is 4.79 Å². The van der Waals surface area contributed by atoms with Crippen molar-refractivity contribution in [3.8, 4) is 6.07 Å². The molecule has 96 valence electrons. The second-order valence-corrected chi connectivity index (χ2v) is 4.94. The first-order valence-electron chi connectivity index (χ1n) is 6.54. The summed E-state index contributed by atoms with van der Waals surface area (Å²) in [6, 6.07) is 1.68. The van der Waals surface area contributed by atoms with Gasteiger partial charge in [0, 0.05) is 6.04 Å². The first-order chi connectivity index (χ1) is 8.06. The third-order valence-electron chi connectivity index (χ3n) is 3.61. The summed E-state index contributed by atoms with van der Waals surface area (Å²) in [4.78, 5) is 14.1. The minimum atomic E-state index is -0.469. The van der Waals surface area contributed by atoms with Gasteiger partial charge in [-0.3, -0.25) is 4.79 Å². The molecule has 1 saturated carbocycles. The van der Waals surface area contributed by atoms with Crippen LogP contribution in [0.2, 0.25) is 0 Å². The van der Waals surface area contributed by atoms with Gasteiger partial charge in [0.1, 0.15) is 6.04 Å².